The Morgan fingerprint density at radius 2 is 1.56 bits per heavy atom. The molecule has 1 aromatic rings. The molecule has 1 rings (SSSR count). The molecule has 0 aliphatic carbocycles. The summed E-state index contributed by atoms with van der Waals surface area (Å²) in [6, 6.07) is 0.0935. The third-order valence-corrected chi connectivity index (χ3v) is 2.85. The Morgan fingerprint density at radius 1 is 1.06 bits per heavy atom. The number of Topliss-reactive ketones (excluding diaryl/α,β-unsaturated/α-hetero) is 1. The molecule has 0 aromatic heterocycles. The van der Waals surface area contributed by atoms with Crippen LogP contribution in [0.5, 0.6) is 0 Å². The summed E-state index contributed by atoms with van der Waals surface area (Å²) in [7, 11) is -9.94. The third kappa shape index (κ3) is 2.91. The molecule has 0 aliphatic rings. The monoisotopic (exact) mass is 264 g/mol. The van der Waals surface area contributed by atoms with E-state index in [9.17, 15) is 28.6 Å². The first kappa shape index (κ1) is 12.9. The summed E-state index contributed by atoms with van der Waals surface area (Å²) in [5, 5.41) is 0. The molecule has 0 bridgehead atoms. The maximum absolute atomic E-state index is 12.7. The number of benzene rings is 1. The zero-order valence-electron chi connectivity index (χ0n) is 7.82. The lowest BCUT2D eigenvalue weighted by molar-refractivity contribution is 0.101. The standard InChI is InChI=1S/C8H6F6OS/c1-5(15)6-2-7(9)4-8(3-6)16(10,11,12,13)14/h2-4H,1H3. The van der Waals surface area contributed by atoms with E-state index in [4.69, 9.17) is 0 Å². The van der Waals surface area contributed by atoms with E-state index in [1.807, 2.05) is 0 Å². The fourth-order valence-electron chi connectivity index (χ4n) is 0.989. The van der Waals surface area contributed by atoms with Gasteiger partial charge in [-0.2, -0.15) is 0 Å². The summed E-state index contributed by atoms with van der Waals surface area (Å²) in [5.74, 6) is -2.46. The fraction of sp³-hybridized carbons (Fsp3) is 0.125. The van der Waals surface area contributed by atoms with Crippen molar-refractivity contribution in [2.75, 3.05) is 0 Å². The van der Waals surface area contributed by atoms with E-state index >= 15 is 0 Å². The van der Waals surface area contributed by atoms with Crippen LogP contribution in [0, 0.1) is 5.82 Å². The summed E-state index contributed by atoms with van der Waals surface area (Å²) in [6.45, 7) is 0.851. The number of rotatable bonds is 2. The number of hydrogen-bond donors (Lipinski definition) is 0. The van der Waals surface area contributed by atoms with Gasteiger partial charge in [-0.05, 0) is 25.1 Å². The van der Waals surface area contributed by atoms with Crippen molar-refractivity contribution in [1.82, 2.24) is 0 Å². The Bertz CT molecular complexity index is 462. The van der Waals surface area contributed by atoms with Gasteiger partial charge in [-0.3, -0.25) is 4.79 Å². The van der Waals surface area contributed by atoms with Crippen molar-refractivity contribution in [2.24, 2.45) is 0 Å². The van der Waals surface area contributed by atoms with E-state index in [0.29, 0.717) is 6.07 Å². The van der Waals surface area contributed by atoms with Gasteiger partial charge in [-0.25, -0.2) is 4.39 Å². The first-order chi connectivity index (χ1) is 6.79. The van der Waals surface area contributed by atoms with Gasteiger partial charge < -0.3 is 0 Å². The Labute approximate surface area is 86.8 Å². The number of ketones is 1. The zero-order valence-corrected chi connectivity index (χ0v) is 8.63. The van der Waals surface area contributed by atoms with E-state index in [1.165, 1.54) is 0 Å². The molecule has 0 amide bonds. The van der Waals surface area contributed by atoms with Gasteiger partial charge in [0, 0.05) is 5.56 Å². The molecule has 8 heteroatoms. The largest absolute Gasteiger partial charge is 0.310 e. The molecule has 0 fully saturated rings. The van der Waals surface area contributed by atoms with Crippen LogP contribution >= 0.6 is 10.2 Å². The lowest BCUT2D eigenvalue weighted by Crippen LogP contribution is -2.08. The molecule has 0 heterocycles. The first-order valence-electron chi connectivity index (χ1n) is 3.85. The molecule has 16 heavy (non-hydrogen) atoms. The van der Waals surface area contributed by atoms with Gasteiger partial charge in [0.05, 0.1) is 0 Å². The highest BCUT2D eigenvalue weighted by Crippen LogP contribution is 3.02. The lowest BCUT2D eigenvalue weighted by atomic mass is 10.1. The van der Waals surface area contributed by atoms with Crippen molar-refractivity contribution >= 4 is 16.0 Å². The summed E-state index contributed by atoms with van der Waals surface area (Å²) in [5.41, 5.74) is -0.747. The summed E-state index contributed by atoms with van der Waals surface area (Å²) < 4.78 is 74.2. The second-order valence-corrected chi connectivity index (χ2v) is 5.61. The molecule has 0 aliphatic heterocycles. The predicted molar refractivity (Wildman–Crippen MR) is 47.8 cm³/mol. The second kappa shape index (κ2) is 2.73. The highest BCUT2D eigenvalue weighted by atomic mass is 32.5. The van der Waals surface area contributed by atoms with Gasteiger partial charge in [0.15, 0.2) is 5.78 Å². The smallest absolute Gasteiger partial charge is 0.295 e. The Hall–Kier alpha value is -1.18. The van der Waals surface area contributed by atoms with E-state index in [1.54, 1.807) is 0 Å². The highest BCUT2D eigenvalue weighted by Gasteiger charge is 2.65. The van der Waals surface area contributed by atoms with Crippen molar-refractivity contribution < 1.29 is 28.6 Å². The van der Waals surface area contributed by atoms with E-state index < -0.39 is 32.3 Å². The van der Waals surface area contributed by atoms with E-state index in [2.05, 4.69) is 0 Å². The predicted octanol–water partition coefficient (Wildman–Crippen LogP) is 4.69. The third-order valence-electron chi connectivity index (χ3n) is 1.72. The highest BCUT2D eigenvalue weighted by molar-refractivity contribution is 8.45. The summed E-state index contributed by atoms with van der Waals surface area (Å²) >= 11 is 0. The normalized spacial score (nSPS) is 16.4. The van der Waals surface area contributed by atoms with Crippen LogP contribution < -0.4 is 0 Å². The van der Waals surface area contributed by atoms with Crippen LogP contribution in [0.25, 0.3) is 0 Å². The Morgan fingerprint density at radius 3 is 1.94 bits per heavy atom. The summed E-state index contributed by atoms with van der Waals surface area (Å²) in [6.07, 6.45) is 0. The maximum atomic E-state index is 12.7. The van der Waals surface area contributed by atoms with Crippen molar-refractivity contribution in [2.45, 2.75) is 11.8 Å². The molecular weight excluding hydrogens is 258 g/mol. The van der Waals surface area contributed by atoms with Gasteiger partial charge in [0.2, 0.25) is 0 Å². The fourth-order valence-corrected chi connectivity index (χ4v) is 1.67. The molecule has 0 saturated heterocycles. The second-order valence-electron chi connectivity index (χ2n) is 3.20. The molecule has 0 unspecified atom stereocenters. The van der Waals surface area contributed by atoms with Gasteiger partial charge >= 0.3 is 10.2 Å². The maximum Gasteiger partial charge on any atom is 0.310 e. The number of hydrogen-bond acceptors (Lipinski definition) is 1. The quantitative estimate of drug-likeness (QED) is 0.559. The average molecular weight is 264 g/mol. The van der Waals surface area contributed by atoms with Crippen LogP contribution in [0.1, 0.15) is 17.3 Å². The average Bonchev–Trinajstić information content (AvgIpc) is 1.98. The number of carbonyl (C=O) groups excluding carboxylic acids is 1. The van der Waals surface area contributed by atoms with Gasteiger partial charge in [-0.1, -0.05) is 19.4 Å². The lowest BCUT2D eigenvalue weighted by Gasteiger charge is -2.40. The number of halogens is 6. The van der Waals surface area contributed by atoms with Crippen molar-refractivity contribution in [3.05, 3.63) is 29.6 Å². The molecule has 0 radical (unpaired) electrons. The van der Waals surface area contributed by atoms with Crippen molar-refractivity contribution in [3.8, 4) is 0 Å². The zero-order chi connectivity index (χ0) is 12.8. The van der Waals surface area contributed by atoms with Crippen LogP contribution in [0.2, 0.25) is 0 Å². The van der Waals surface area contributed by atoms with Crippen molar-refractivity contribution in [3.63, 3.8) is 0 Å². The van der Waals surface area contributed by atoms with Crippen LogP contribution in [-0.2, 0) is 0 Å². The van der Waals surface area contributed by atoms with Gasteiger partial charge in [0.1, 0.15) is 10.7 Å². The minimum absolute atomic E-state index is 0.0486. The molecule has 0 N–H and O–H groups in total. The van der Waals surface area contributed by atoms with Crippen LogP contribution in [0.15, 0.2) is 23.1 Å². The van der Waals surface area contributed by atoms with E-state index in [-0.39, 0.29) is 12.1 Å². The summed E-state index contributed by atoms with van der Waals surface area (Å²) in [4.78, 5) is 8.32. The van der Waals surface area contributed by atoms with Gasteiger partial charge in [0.25, 0.3) is 0 Å². The van der Waals surface area contributed by atoms with Crippen molar-refractivity contribution in [1.29, 1.82) is 0 Å². The molecular formula is C8H6F6OS. The molecule has 0 atom stereocenters. The van der Waals surface area contributed by atoms with Crippen LogP contribution in [0.4, 0.5) is 23.8 Å². The van der Waals surface area contributed by atoms with Crippen LogP contribution in [0.3, 0.4) is 0 Å². The Kier molecular flexibility index (Phi) is 2.20. The number of carbonyl (C=O) groups is 1. The molecule has 0 spiro atoms. The van der Waals surface area contributed by atoms with Gasteiger partial charge in [-0.15, -0.1) is 0 Å². The Balaban J connectivity index is 3.56. The topological polar surface area (TPSA) is 17.1 Å². The first-order valence-corrected chi connectivity index (χ1v) is 5.80. The molecule has 92 valence electrons. The molecule has 1 nitrogen and oxygen atoms in total. The van der Waals surface area contributed by atoms with E-state index in [0.717, 1.165) is 6.92 Å². The SMILES string of the molecule is CC(=O)c1cc(F)cc(S(F)(F)(F)(F)F)c1. The minimum Gasteiger partial charge on any atom is -0.295 e. The molecule has 0 saturated carbocycles. The molecule has 1 aromatic carbocycles. The minimum atomic E-state index is -9.94. The van der Waals surface area contributed by atoms with Crippen LogP contribution in [-0.4, -0.2) is 5.78 Å².